The molecular formula is C39H33BN2O2. The van der Waals surface area contributed by atoms with Crippen molar-refractivity contribution in [3.63, 3.8) is 0 Å². The second-order valence-corrected chi connectivity index (χ2v) is 12.8. The molecule has 0 amide bonds. The largest absolute Gasteiger partial charge is 0.494 e. The van der Waals surface area contributed by atoms with Gasteiger partial charge in [-0.05, 0) is 67.0 Å². The monoisotopic (exact) mass is 572 g/mol. The molecule has 0 spiro atoms. The Morgan fingerprint density at radius 2 is 1.18 bits per heavy atom. The van der Waals surface area contributed by atoms with Crippen LogP contribution < -0.4 is 5.46 Å². The summed E-state index contributed by atoms with van der Waals surface area (Å²) in [5.41, 5.74) is 8.01. The third-order valence-electron chi connectivity index (χ3n) is 9.79. The van der Waals surface area contributed by atoms with Crippen molar-refractivity contribution in [1.29, 1.82) is 0 Å². The van der Waals surface area contributed by atoms with Crippen LogP contribution in [0.1, 0.15) is 50.2 Å². The molecule has 214 valence electrons. The molecule has 8 rings (SSSR count). The lowest BCUT2D eigenvalue weighted by Gasteiger charge is -2.32. The number of nitrogens with zero attached hydrogens (tertiary/aromatic N) is 2. The maximum Gasteiger partial charge on any atom is 0.494 e. The van der Waals surface area contributed by atoms with E-state index in [1.54, 1.807) is 0 Å². The van der Waals surface area contributed by atoms with Crippen LogP contribution in [-0.2, 0) is 14.7 Å². The molecule has 0 N–H and O–H groups in total. The molecule has 0 bridgehead atoms. The summed E-state index contributed by atoms with van der Waals surface area (Å²) in [5, 5.41) is 1.03. The summed E-state index contributed by atoms with van der Waals surface area (Å²) in [4.78, 5) is 10.9. The van der Waals surface area contributed by atoms with Gasteiger partial charge in [-0.15, -0.1) is 0 Å². The average molecular weight is 573 g/mol. The zero-order chi connectivity index (χ0) is 30.1. The molecule has 5 aromatic carbocycles. The molecule has 1 unspecified atom stereocenters. The Balaban J connectivity index is 1.46. The standard InChI is InChI=1S/C39H33BN2O2/c1-37(2)38(3,4)44-40(43-37)28-23-24-30-29-19-11-13-21-32(29)39(33(30)25-28,27-17-9-6-10-18-27)36-41-34-22-14-12-20-31(34)35(42-36)26-15-7-5-8-16-26/h5-25H,1-4H3. The highest BCUT2D eigenvalue weighted by molar-refractivity contribution is 6.62. The minimum atomic E-state index is -0.763. The molecular weight excluding hydrogens is 539 g/mol. The second-order valence-electron chi connectivity index (χ2n) is 12.8. The maximum absolute atomic E-state index is 6.55. The van der Waals surface area contributed by atoms with Gasteiger partial charge in [0.1, 0.15) is 11.2 Å². The predicted octanol–water partition coefficient (Wildman–Crippen LogP) is 7.96. The SMILES string of the molecule is CC1(C)OB(c2ccc3c(c2)C(c2ccccc2)(c2nc(-c4ccccc4)c4ccccc4n2)c2ccccc2-3)OC1(C)C. The van der Waals surface area contributed by atoms with E-state index >= 15 is 0 Å². The zero-order valence-corrected chi connectivity index (χ0v) is 25.4. The fourth-order valence-electron chi connectivity index (χ4n) is 6.85. The topological polar surface area (TPSA) is 44.2 Å². The third kappa shape index (κ3) is 3.86. The van der Waals surface area contributed by atoms with Crippen molar-refractivity contribution in [2.45, 2.75) is 44.3 Å². The Labute approximate surface area is 258 Å². The summed E-state index contributed by atoms with van der Waals surface area (Å²) >= 11 is 0. The average Bonchev–Trinajstić information content (AvgIpc) is 3.47. The molecule has 5 heteroatoms. The van der Waals surface area contributed by atoms with Gasteiger partial charge in [0.2, 0.25) is 0 Å². The van der Waals surface area contributed by atoms with Crippen molar-refractivity contribution in [3.8, 4) is 22.4 Å². The highest BCUT2D eigenvalue weighted by Gasteiger charge is 2.53. The number of fused-ring (bicyclic) bond motifs is 4. The molecule has 6 aromatic rings. The molecule has 1 atom stereocenters. The molecule has 0 radical (unpaired) electrons. The molecule has 1 aliphatic heterocycles. The summed E-state index contributed by atoms with van der Waals surface area (Å²) in [6, 6.07) is 44.7. The summed E-state index contributed by atoms with van der Waals surface area (Å²) in [6.45, 7) is 8.38. The Bertz CT molecular complexity index is 2030. The van der Waals surface area contributed by atoms with Gasteiger partial charge in [-0.3, -0.25) is 0 Å². The number of hydrogen-bond acceptors (Lipinski definition) is 4. The number of rotatable bonds is 4. The molecule has 1 aromatic heterocycles. The maximum atomic E-state index is 6.55. The van der Waals surface area contributed by atoms with Gasteiger partial charge in [-0.2, -0.15) is 0 Å². The van der Waals surface area contributed by atoms with E-state index in [-0.39, 0.29) is 0 Å². The van der Waals surface area contributed by atoms with E-state index in [0.29, 0.717) is 0 Å². The van der Waals surface area contributed by atoms with E-state index in [1.165, 1.54) is 16.7 Å². The molecule has 1 fully saturated rings. The van der Waals surface area contributed by atoms with Gasteiger partial charge in [-0.25, -0.2) is 9.97 Å². The van der Waals surface area contributed by atoms with E-state index in [9.17, 15) is 0 Å². The number of hydrogen-bond donors (Lipinski definition) is 0. The van der Waals surface area contributed by atoms with Crippen molar-refractivity contribution < 1.29 is 9.31 Å². The Morgan fingerprint density at radius 1 is 0.568 bits per heavy atom. The molecule has 44 heavy (non-hydrogen) atoms. The van der Waals surface area contributed by atoms with Gasteiger partial charge in [0.25, 0.3) is 0 Å². The molecule has 1 aliphatic carbocycles. The molecule has 2 aliphatic rings. The van der Waals surface area contributed by atoms with Crippen LogP contribution in [0.25, 0.3) is 33.3 Å². The predicted molar refractivity (Wildman–Crippen MR) is 178 cm³/mol. The second kappa shape index (κ2) is 9.72. The van der Waals surface area contributed by atoms with Gasteiger partial charge in [-0.1, -0.05) is 121 Å². The fourth-order valence-corrected chi connectivity index (χ4v) is 6.85. The van der Waals surface area contributed by atoms with Crippen LogP contribution >= 0.6 is 0 Å². The van der Waals surface area contributed by atoms with Crippen LogP contribution in [0.3, 0.4) is 0 Å². The minimum absolute atomic E-state index is 0.442. The number of benzene rings is 5. The first-order valence-electron chi connectivity index (χ1n) is 15.3. The van der Waals surface area contributed by atoms with Crippen LogP contribution in [-0.4, -0.2) is 28.3 Å². The van der Waals surface area contributed by atoms with E-state index in [0.717, 1.165) is 44.6 Å². The Morgan fingerprint density at radius 3 is 1.93 bits per heavy atom. The highest BCUT2D eigenvalue weighted by Crippen LogP contribution is 2.55. The van der Waals surface area contributed by atoms with Crippen LogP contribution in [0.15, 0.2) is 127 Å². The van der Waals surface area contributed by atoms with Crippen LogP contribution in [0.4, 0.5) is 0 Å². The van der Waals surface area contributed by atoms with E-state index in [1.807, 2.05) is 6.07 Å². The molecule has 1 saturated heterocycles. The first-order chi connectivity index (χ1) is 21.3. The van der Waals surface area contributed by atoms with E-state index in [4.69, 9.17) is 19.3 Å². The van der Waals surface area contributed by atoms with Gasteiger partial charge in [0.05, 0.1) is 22.4 Å². The van der Waals surface area contributed by atoms with Crippen molar-refractivity contribution in [2.24, 2.45) is 0 Å². The summed E-state index contributed by atoms with van der Waals surface area (Å²) in [6.07, 6.45) is 0. The third-order valence-corrected chi connectivity index (χ3v) is 9.79. The van der Waals surface area contributed by atoms with E-state index in [2.05, 4.69) is 149 Å². The first kappa shape index (κ1) is 27.0. The van der Waals surface area contributed by atoms with Crippen molar-refractivity contribution >= 4 is 23.5 Å². The quantitative estimate of drug-likeness (QED) is 0.201. The lowest BCUT2D eigenvalue weighted by atomic mass is 9.69. The number of para-hydroxylation sites is 1. The zero-order valence-electron chi connectivity index (χ0n) is 25.4. The van der Waals surface area contributed by atoms with Crippen molar-refractivity contribution in [3.05, 3.63) is 150 Å². The fraction of sp³-hybridized carbons (Fsp3) is 0.179. The number of aromatic nitrogens is 2. The summed E-state index contributed by atoms with van der Waals surface area (Å²) in [7, 11) is -0.486. The van der Waals surface area contributed by atoms with Gasteiger partial charge in [0, 0.05) is 10.9 Å². The lowest BCUT2D eigenvalue weighted by molar-refractivity contribution is 0.00578. The Hall–Kier alpha value is -4.58. The normalized spacial score (nSPS) is 19.6. The molecule has 0 saturated carbocycles. The van der Waals surface area contributed by atoms with Crippen LogP contribution in [0.5, 0.6) is 0 Å². The van der Waals surface area contributed by atoms with Gasteiger partial charge >= 0.3 is 7.12 Å². The summed E-state index contributed by atoms with van der Waals surface area (Å²) in [5.74, 6) is 0.749. The van der Waals surface area contributed by atoms with Crippen molar-refractivity contribution in [1.82, 2.24) is 9.97 Å². The highest BCUT2D eigenvalue weighted by atomic mass is 16.7. The van der Waals surface area contributed by atoms with Gasteiger partial charge in [0.15, 0.2) is 0 Å². The molecule has 4 nitrogen and oxygen atoms in total. The van der Waals surface area contributed by atoms with Crippen LogP contribution in [0.2, 0.25) is 0 Å². The minimum Gasteiger partial charge on any atom is -0.399 e. The first-order valence-corrected chi connectivity index (χ1v) is 15.3. The van der Waals surface area contributed by atoms with Crippen molar-refractivity contribution in [2.75, 3.05) is 0 Å². The molecule has 2 heterocycles. The van der Waals surface area contributed by atoms with E-state index < -0.39 is 23.7 Å². The summed E-state index contributed by atoms with van der Waals surface area (Å²) < 4.78 is 13.1. The Kier molecular flexibility index (Phi) is 5.96. The smallest absolute Gasteiger partial charge is 0.399 e. The van der Waals surface area contributed by atoms with Gasteiger partial charge < -0.3 is 9.31 Å². The lowest BCUT2D eigenvalue weighted by Crippen LogP contribution is -2.41. The van der Waals surface area contributed by atoms with Crippen LogP contribution in [0, 0.1) is 0 Å².